The van der Waals surface area contributed by atoms with Gasteiger partial charge in [-0.1, -0.05) is 13.0 Å². The number of benzene rings is 1. The van der Waals surface area contributed by atoms with E-state index in [4.69, 9.17) is 5.11 Å². The molecule has 0 saturated heterocycles. The second-order valence-electron chi connectivity index (χ2n) is 4.50. The molecule has 0 aliphatic heterocycles. The van der Waals surface area contributed by atoms with Gasteiger partial charge in [-0.3, -0.25) is 4.79 Å². The van der Waals surface area contributed by atoms with Gasteiger partial charge in [0.15, 0.2) is 0 Å². The zero-order chi connectivity index (χ0) is 13.8. The van der Waals surface area contributed by atoms with Crippen LogP contribution in [0.1, 0.15) is 31.1 Å². The van der Waals surface area contributed by atoms with E-state index in [2.05, 4.69) is 10.6 Å². The Balaban J connectivity index is 2.82. The van der Waals surface area contributed by atoms with Gasteiger partial charge in [0, 0.05) is 5.69 Å². The number of rotatable bonds is 5. The average Bonchev–Trinajstić information content (AvgIpc) is 2.29. The van der Waals surface area contributed by atoms with E-state index in [1.54, 1.807) is 26.0 Å². The number of carbonyl (C=O) groups excluding carboxylic acids is 1. The summed E-state index contributed by atoms with van der Waals surface area (Å²) in [5, 5.41) is 14.6. The molecule has 0 radical (unpaired) electrons. The van der Waals surface area contributed by atoms with Crippen LogP contribution in [0.3, 0.4) is 0 Å². The number of hydrogen-bond acceptors (Lipinski definition) is 3. The SMILES string of the molecule is CCNC(C)(C)C(=O)Nc1cccc(C(=O)O)c1. The zero-order valence-electron chi connectivity index (χ0n) is 10.8. The molecule has 1 rings (SSSR count). The Morgan fingerprint density at radius 1 is 1.33 bits per heavy atom. The van der Waals surface area contributed by atoms with Gasteiger partial charge in [-0.05, 0) is 38.6 Å². The molecule has 98 valence electrons. The fourth-order valence-corrected chi connectivity index (χ4v) is 1.54. The molecule has 0 aliphatic carbocycles. The molecule has 1 amide bonds. The number of nitrogens with one attached hydrogen (secondary N) is 2. The van der Waals surface area contributed by atoms with Crippen LogP contribution in [0.4, 0.5) is 5.69 Å². The number of anilines is 1. The van der Waals surface area contributed by atoms with Crippen molar-refractivity contribution in [2.75, 3.05) is 11.9 Å². The van der Waals surface area contributed by atoms with Gasteiger partial charge in [0.05, 0.1) is 11.1 Å². The zero-order valence-corrected chi connectivity index (χ0v) is 10.8. The van der Waals surface area contributed by atoms with Crippen molar-refractivity contribution in [1.29, 1.82) is 0 Å². The van der Waals surface area contributed by atoms with Crippen molar-refractivity contribution in [2.45, 2.75) is 26.3 Å². The fraction of sp³-hybridized carbons (Fsp3) is 0.385. The molecule has 5 nitrogen and oxygen atoms in total. The number of carboxylic acid groups (broad SMARTS) is 1. The van der Waals surface area contributed by atoms with Crippen LogP contribution in [0.15, 0.2) is 24.3 Å². The van der Waals surface area contributed by atoms with Crippen LogP contribution >= 0.6 is 0 Å². The molecule has 0 atom stereocenters. The summed E-state index contributed by atoms with van der Waals surface area (Å²) in [7, 11) is 0. The standard InChI is InChI=1S/C13H18N2O3/c1-4-14-13(2,3)12(18)15-10-7-5-6-9(8-10)11(16)17/h5-8,14H,4H2,1-3H3,(H,15,18)(H,16,17). The van der Waals surface area contributed by atoms with Gasteiger partial charge in [0.2, 0.25) is 5.91 Å². The average molecular weight is 250 g/mol. The summed E-state index contributed by atoms with van der Waals surface area (Å²) >= 11 is 0. The number of hydrogen-bond donors (Lipinski definition) is 3. The van der Waals surface area contributed by atoms with E-state index in [0.29, 0.717) is 12.2 Å². The Hall–Kier alpha value is -1.88. The number of carboxylic acids is 1. The van der Waals surface area contributed by atoms with Crippen LogP contribution in [0, 0.1) is 0 Å². The third kappa shape index (κ3) is 3.56. The molecule has 5 heteroatoms. The van der Waals surface area contributed by atoms with Gasteiger partial charge >= 0.3 is 5.97 Å². The van der Waals surface area contributed by atoms with Crippen molar-refractivity contribution in [1.82, 2.24) is 5.32 Å². The summed E-state index contributed by atoms with van der Waals surface area (Å²) in [6.45, 7) is 6.13. The van der Waals surface area contributed by atoms with Crippen LogP contribution < -0.4 is 10.6 Å². The van der Waals surface area contributed by atoms with Crippen LogP contribution in [0.5, 0.6) is 0 Å². The first-order chi connectivity index (χ1) is 8.36. The lowest BCUT2D eigenvalue weighted by atomic mass is 10.0. The van der Waals surface area contributed by atoms with Gasteiger partial charge in [-0.2, -0.15) is 0 Å². The first kappa shape index (κ1) is 14.2. The summed E-state index contributed by atoms with van der Waals surface area (Å²) in [5.41, 5.74) is -0.0755. The molecule has 0 unspecified atom stereocenters. The minimum absolute atomic E-state index is 0.147. The van der Waals surface area contributed by atoms with Crippen LogP contribution in [-0.4, -0.2) is 29.1 Å². The molecule has 0 saturated carbocycles. The fourth-order valence-electron chi connectivity index (χ4n) is 1.54. The van der Waals surface area contributed by atoms with Gasteiger partial charge in [0.25, 0.3) is 0 Å². The second kappa shape index (κ2) is 5.64. The summed E-state index contributed by atoms with van der Waals surface area (Å²) in [6.07, 6.45) is 0. The van der Waals surface area contributed by atoms with Crippen LogP contribution in [0.2, 0.25) is 0 Å². The highest BCUT2D eigenvalue weighted by atomic mass is 16.4. The van der Waals surface area contributed by atoms with Gasteiger partial charge < -0.3 is 15.7 Å². The van der Waals surface area contributed by atoms with Gasteiger partial charge in [-0.25, -0.2) is 4.79 Å². The molecule has 18 heavy (non-hydrogen) atoms. The Bertz CT molecular complexity index is 455. The lowest BCUT2D eigenvalue weighted by Gasteiger charge is -2.24. The highest BCUT2D eigenvalue weighted by Gasteiger charge is 2.26. The molecule has 0 aliphatic rings. The van der Waals surface area contributed by atoms with E-state index >= 15 is 0 Å². The first-order valence-corrected chi connectivity index (χ1v) is 5.76. The molecule has 3 N–H and O–H groups in total. The number of likely N-dealkylation sites (N-methyl/N-ethyl adjacent to an activating group) is 1. The van der Waals surface area contributed by atoms with Crippen molar-refractivity contribution in [3.8, 4) is 0 Å². The van der Waals surface area contributed by atoms with Crippen molar-refractivity contribution in [3.05, 3.63) is 29.8 Å². The third-order valence-electron chi connectivity index (χ3n) is 2.55. The predicted octanol–water partition coefficient (Wildman–Crippen LogP) is 1.71. The molecule has 1 aromatic carbocycles. The Morgan fingerprint density at radius 3 is 2.56 bits per heavy atom. The quantitative estimate of drug-likeness (QED) is 0.743. The van der Waals surface area contributed by atoms with E-state index in [-0.39, 0.29) is 11.5 Å². The Kier molecular flexibility index (Phi) is 4.44. The highest BCUT2D eigenvalue weighted by molar-refractivity contribution is 5.98. The highest BCUT2D eigenvalue weighted by Crippen LogP contribution is 2.13. The summed E-state index contributed by atoms with van der Waals surface area (Å²) in [4.78, 5) is 22.8. The number of amides is 1. The number of carbonyl (C=O) groups is 2. The normalized spacial score (nSPS) is 11.1. The predicted molar refractivity (Wildman–Crippen MR) is 69.8 cm³/mol. The lowest BCUT2D eigenvalue weighted by molar-refractivity contribution is -0.121. The minimum Gasteiger partial charge on any atom is -0.478 e. The van der Waals surface area contributed by atoms with Crippen molar-refractivity contribution in [3.63, 3.8) is 0 Å². The molecule has 0 aromatic heterocycles. The van der Waals surface area contributed by atoms with Crippen LogP contribution in [0.25, 0.3) is 0 Å². The smallest absolute Gasteiger partial charge is 0.335 e. The minimum atomic E-state index is -1.02. The Morgan fingerprint density at radius 2 is 2.00 bits per heavy atom. The summed E-state index contributed by atoms with van der Waals surface area (Å²) in [6, 6.07) is 6.17. The summed E-state index contributed by atoms with van der Waals surface area (Å²) in [5.74, 6) is -1.22. The molecule has 0 spiro atoms. The van der Waals surface area contributed by atoms with Crippen LogP contribution in [-0.2, 0) is 4.79 Å². The van der Waals surface area contributed by atoms with Gasteiger partial charge in [-0.15, -0.1) is 0 Å². The summed E-state index contributed by atoms with van der Waals surface area (Å²) < 4.78 is 0. The van der Waals surface area contributed by atoms with E-state index < -0.39 is 11.5 Å². The lowest BCUT2D eigenvalue weighted by Crippen LogP contribution is -2.49. The van der Waals surface area contributed by atoms with Crippen molar-refractivity contribution >= 4 is 17.6 Å². The second-order valence-corrected chi connectivity index (χ2v) is 4.50. The molecule has 1 aromatic rings. The topological polar surface area (TPSA) is 78.4 Å². The number of aromatic carboxylic acids is 1. The van der Waals surface area contributed by atoms with E-state index in [9.17, 15) is 9.59 Å². The maximum absolute atomic E-state index is 12.0. The van der Waals surface area contributed by atoms with E-state index in [0.717, 1.165) is 0 Å². The van der Waals surface area contributed by atoms with Gasteiger partial charge in [0.1, 0.15) is 0 Å². The maximum Gasteiger partial charge on any atom is 0.335 e. The van der Waals surface area contributed by atoms with Crippen molar-refractivity contribution < 1.29 is 14.7 Å². The van der Waals surface area contributed by atoms with Crippen molar-refractivity contribution in [2.24, 2.45) is 0 Å². The molecule has 0 heterocycles. The van der Waals surface area contributed by atoms with E-state index in [1.807, 2.05) is 6.92 Å². The maximum atomic E-state index is 12.0. The molecular formula is C13H18N2O3. The molecule has 0 bridgehead atoms. The largest absolute Gasteiger partial charge is 0.478 e. The monoisotopic (exact) mass is 250 g/mol. The first-order valence-electron chi connectivity index (χ1n) is 5.76. The molecule has 0 fully saturated rings. The van der Waals surface area contributed by atoms with E-state index in [1.165, 1.54) is 12.1 Å². The Labute approximate surface area is 106 Å². The third-order valence-corrected chi connectivity index (χ3v) is 2.55. The molecular weight excluding hydrogens is 232 g/mol.